The van der Waals surface area contributed by atoms with Crippen LogP contribution in [-0.2, 0) is 13.1 Å². The summed E-state index contributed by atoms with van der Waals surface area (Å²) in [5.74, 6) is 0.409. The molecule has 0 saturated carbocycles. The van der Waals surface area contributed by atoms with Gasteiger partial charge < -0.3 is 10.4 Å². The zero-order valence-electron chi connectivity index (χ0n) is 19.0. The van der Waals surface area contributed by atoms with Crippen LogP contribution < -0.4 is 5.32 Å². The SMILES string of the molecule is CC(C)CNC[C@@H](O)[C@@H](C(=O)c1ccccc1)N(Cc1ccccc1)Cc1ccccc1. The van der Waals surface area contributed by atoms with Gasteiger partial charge in [0.1, 0.15) is 6.04 Å². The van der Waals surface area contributed by atoms with Crippen LogP contribution in [0.3, 0.4) is 0 Å². The van der Waals surface area contributed by atoms with Crippen LogP contribution >= 0.6 is 0 Å². The highest BCUT2D eigenvalue weighted by Gasteiger charge is 2.33. The van der Waals surface area contributed by atoms with Crippen molar-refractivity contribution in [2.45, 2.75) is 39.1 Å². The van der Waals surface area contributed by atoms with E-state index in [2.05, 4.69) is 48.3 Å². The first-order valence-electron chi connectivity index (χ1n) is 11.3. The van der Waals surface area contributed by atoms with Gasteiger partial charge in [-0.1, -0.05) is 105 Å². The van der Waals surface area contributed by atoms with Crippen LogP contribution in [0.4, 0.5) is 0 Å². The van der Waals surface area contributed by atoms with Crippen molar-refractivity contribution >= 4 is 5.78 Å². The first-order valence-corrected chi connectivity index (χ1v) is 11.3. The number of nitrogens with one attached hydrogen (secondary N) is 1. The Labute approximate surface area is 191 Å². The van der Waals surface area contributed by atoms with Crippen LogP contribution in [0.1, 0.15) is 35.3 Å². The quantitative estimate of drug-likeness (QED) is 0.414. The van der Waals surface area contributed by atoms with Gasteiger partial charge in [0.05, 0.1) is 6.10 Å². The number of carbonyl (C=O) groups excluding carboxylic acids is 1. The number of hydrogen-bond donors (Lipinski definition) is 2. The number of nitrogens with zero attached hydrogens (tertiary/aromatic N) is 1. The Morgan fingerprint density at radius 2 is 1.25 bits per heavy atom. The van der Waals surface area contributed by atoms with Crippen molar-refractivity contribution < 1.29 is 9.90 Å². The van der Waals surface area contributed by atoms with Gasteiger partial charge in [0.15, 0.2) is 5.78 Å². The maximum atomic E-state index is 13.7. The topological polar surface area (TPSA) is 52.6 Å². The summed E-state index contributed by atoms with van der Waals surface area (Å²) >= 11 is 0. The summed E-state index contributed by atoms with van der Waals surface area (Å²) in [6, 6.07) is 28.9. The Morgan fingerprint density at radius 1 is 0.781 bits per heavy atom. The van der Waals surface area contributed by atoms with E-state index in [1.165, 1.54) is 0 Å². The molecule has 2 atom stereocenters. The molecule has 0 fully saturated rings. The molecule has 0 amide bonds. The number of benzene rings is 3. The largest absolute Gasteiger partial charge is 0.390 e. The zero-order valence-corrected chi connectivity index (χ0v) is 19.0. The van der Waals surface area contributed by atoms with E-state index in [4.69, 9.17) is 0 Å². The predicted molar refractivity (Wildman–Crippen MR) is 130 cm³/mol. The molecule has 0 saturated heterocycles. The Bertz CT molecular complexity index is 888. The molecule has 3 aromatic carbocycles. The third-order valence-corrected chi connectivity index (χ3v) is 5.45. The lowest BCUT2D eigenvalue weighted by Crippen LogP contribution is -2.52. The van der Waals surface area contributed by atoms with Gasteiger partial charge in [-0.2, -0.15) is 0 Å². The third kappa shape index (κ3) is 7.13. The lowest BCUT2D eigenvalue weighted by molar-refractivity contribution is 0.0343. The van der Waals surface area contributed by atoms with Gasteiger partial charge in [-0.25, -0.2) is 0 Å². The van der Waals surface area contributed by atoms with Gasteiger partial charge in [-0.15, -0.1) is 0 Å². The van der Waals surface area contributed by atoms with Crippen molar-refractivity contribution in [3.05, 3.63) is 108 Å². The Kier molecular flexibility index (Phi) is 9.17. The Hall–Kier alpha value is -2.79. The van der Waals surface area contributed by atoms with Crippen LogP contribution in [0.25, 0.3) is 0 Å². The van der Waals surface area contributed by atoms with Gasteiger partial charge in [0.25, 0.3) is 0 Å². The molecule has 0 aliphatic rings. The minimum absolute atomic E-state index is 0.0590. The molecular weight excluding hydrogens is 396 g/mol. The second kappa shape index (κ2) is 12.3. The molecule has 168 valence electrons. The molecule has 0 radical (unpaired) electrons. The fourth-order valence-corrected chi connectivity index (χ4v) is 3.88. The van der Waals surface area contributed by atoms with Gasteiger partial charge in [0.2, 0.25) is 0 Å². The van der Waals surface area contributed by atoms with Crippen LogP contribution in [0.2, 0.25) is 0 Å². The van der Waals surface area contributed by atoms with Crippen molar-refractivity contribution in [3.63, 3.8) is 0 Å². The summed E-state index contributed by atoms with van der Waals surface area (Å²) in [6.45, 7) is 6.55. The van der Waals surface area contributed by atoms with Crippen molar-refractivity contribution in [3.8, 4) is 0 Å². The average molecular weight is 431 g/mol. The minimum atomic E-state index is -0.839. The third-order valence-electron chi connectivity index (χ3n) is 5.45. The predicted octanol–water partition coefficient (Wildman–Crippen LogP) is 4.55. The molecule has 0 aliphatic carbocycles. The molecule has 0 unspecified atom stereocenters. The first-order chi connectivity index (χ1) is 15.5. The summed E-state index contributed by atoms with van der Waals surface area (Å²) in [7, 11) is 0. The number of hydrogen-bond acceptors (Lipinski definition) is 4. The molecule has 32 heavy (non-hydrogen) atoms. The number of rotatable bonds is 12. The van der Waals surface area contributed by atoms with Gasteiger partial charge in [-0.3, -0.25) is 9.69 Å². The fraction of sp³-hybridized carbons (Fsp3) is 0.321. The van der Waals surface area contributed by atoms with Crippen LogP contribution in [0, 0.1) is 5.92 Å². The lowest BCUT2D eigenvalue weighted by atomic mass is 9.96. The first kappa shape index (κ1) is 23.9. The number of Topliss-reactive ketones (excluding diaryl/α,β-unsaturated/α-hetero) is 1. The van der Waals surface area contributed by atoms with Crippen molar-refractivity contribution in [1.29, 1.82) is 0 Å². The highest BCUT2D eigenvalue weighted by molar-refractivity contribution is 6.00. The normalized spacial score (nSPS) is 13.3. The van der Waals surface area contributed by atoms with Gasteiger partial charge in [0, 0.05) is 25.2 Å². The van der Waals surface area contributed by atoms with Crippen LogP contribution in [0.5, 0.6) is 0 Å². The molecule has 0 bridgehead atoms. The van der Waals surface area contributed by atoms with E-state index < -0.39 is 12.1 Å². The van der Waals surface area contributed by atoms with Crippen molar-refractivity contribution in [2.24, 2.45) is 5.92 Å². The van der Waals surface area contributed by atoms with Crippen LogP contribution in [-0.4, -0.2) is 41.0 Å². The van der Waals surface area contributed by atoms with Crippen molar-refractivity contribution in [1.82, 2.24) is 10.2 Å². The van der Waals surface area contributed by atoms with Crippen LogP contribution in [0.15, 0.2) is 91.0 Å². The summed E-state index contributed by atoms with van der Waals surface area (Å²) in [4.78, 5) is 15.8. The second-order valence-electron chi connectivity index (χ2n) is 8.67. The molecule has 3 rings (SSSR count). The van der Waals surface area contributed by atoms with E-state index >= 15 is 0 Å². The minimum Gasteiger partial charge on any atom is -0.390 e. The molecule has 0 aliphatic heterocycles. The average Bonchev–Trinajstić information content (AvgIpc) is 2.81. The molecule has 0 aromatic heterocycles. The smallest absolute Gasteiger partial charge is 0.182 e. The molecule has 4 nitrogen and oxygen atoms in total. The molecule has 0 spiro atoms. The zero-order chi connectivity index (χ0) is 22.8. The maximum Gasteiger partial charge on any atom is 0.182 e. The monoisotopic (exact) mass is 430 g/mol. The lowest BCUT2D eigenvalue weighted by Gasteiger charge is -2.34. The molecule has 2 N–H and O–H groups in total. The summed E-state index contributed by atoms with van der Waals surface area (Å²) in [5, 5.41) is 14.6. The van der Waals surface area contributed by atoms with E-state index in [1.807, 2.05) is 66.7 Å². The summed E-state index contributed by atoms with van der Waals surface area (Å²) in [6.07, 6.45) is -0.839. The highest BCUT2D eigenvalue weighted by atomic mass is 16.3. The van der Waals surface area contributed by atoms with Gasteiger partial charge in [-0.05, 0) is 23.6 Å². The molecule has 3 aromatic rings. The Balaban J connectivity index is 1.93. The number of carbonyl (C=O) groups is 1. The number of ketones is 1. The van der Waals surface area contributed by atoms with Crippen molar-refractivity contribution in [2.75, 3.05) is 13.1 Å². The second-order valence-corrected chi connectivity index (χ2v) is 8.67. The molecular formula is C28H34N2O2. The summed E-state index contributed by atoms with van der Waals surface area (Å²) < 4.78 is 0. The standard InChI is InChI=1S/C28H34N2O2/c1-22(2)18-29-19-26(31)27(28(32)25-16-10-5-11-17-25)30(20-23-12-6-3-7-13-23)21-24-14-8-4-9-15-24/h3-17,22,26-27,29,31H,18-21H2,1-2H3/t26-,27+/m1/s1. The Morgan fingerprint density at radius 3 is 1.72 bits per heavy atom. The number of aliphatic hydroxyl groups is 1. The summed E-state index contributed by atoms with van der Waals surface area (Å²) in [5.41, 5.74) is 2.83. The van der Waals surface area contributed by atoms with Gasteiger partial charge >= 0.3 is 0 Å². The van der Waals surface area contributed by atoms with E-state index in [-0.39, 0.29) is 5.78 Å². The molecule has 4 heteroatoms. The van der Waals surface area contributed by atoms with E-state index in [0.29, 0.717) is 31.1 Å². The maximum absolute atomic E-state index is 13.7. The van der Waals surface area contributed by atoms with E-state index in [0.717, 1.165) is 17.7 Å². The molecule has 0 heterocycles. The fourth-order valence-electron chi connectivity index (χ4n) is 3.88. The highest BCUT2D eigenvalue weighted by Crippen LogP contribution is 2.20. The number of aliphatic hydroxyl groups excluding tert-OH is 1. The van der Waals surface area contributed by atoms with E-state index in [1.54, 1.807) is 0 Å². The van der Waals surface area contributed by atoms with E-state index in [9.17, 15) is 9.90 Å².